The van der Waals surface area contributed by atoms with Gasteiger partial charge in [0.1, 0.15) is 0 Å². The van der Waals surface area contributed by atoms with Crippen LogP contribution in [0, 0.1) is 0 Å². The second kappa shape index (κ2) is 7.55. The van der Waals surface area contributed by atoms with Gasteiger partial charge >= 0.3 is 0 Å². The van der Waals surface area contributed by atoms with Gasteiger partial charge in [-0.15, -0.1) is 0 Å². The number of carboxylic acid groups (broad SMARTS) is 1. The first-order chi connectivity index (χ1) is 11.6. The van der Waals surface area contributed by atoms with Crippen molar-refractivity contribution < 1.29 is 9.90 Å². The van der Waals surface area contributed by atoms with E-state index in [2.05, 4.69) is 31.4 Å². The van der Waals surface area contributed by atoms with Gasteiger partial charge in [-0.3, -0.25) is 5.43 Å². The Kier molecular flexibility index (Phi) is 5.22. The summed E-state index contributed by atoms with van der Waals surface area (Å²) in [4.78, 5) is 15.2. The predicted octanol–water partition coefficient (Wildman–Crippen LogP) is 3.41. The Morgan fingerprint density at radius 2 is 1.92 bits per heavy atom. The van der Waals surface area contributed by atoms with Crippen LogP contribution in [-0.2, 0) is 4.79 Å². The first-order valence-corrected chi connectivity index (χ1v) is 8.87. The zero-order valence-electron chi connectivity index (χ0n) is 12.5. The Labute approximate surface area is 151 Å². The van der Waals surface area contributed by atoms with Crippen LogP contribution < -0.4 is 10.5 Å². The van der Waals surface area contributed by atoms with Gasteiger partial charge in [0, 0.05) is 10.4 Å². The number of carbonyl (C=O) groups excluding carboxylic acids is 1. The Morgan fingerprint density at radius 3 is 2.62 bits per heavy atom. The zero-order valence-corrected chi connectivity index (χ0v) is 14.9. The summed E-state index contributed by atoms with van der Waals surface area (Å²) >= 11 is 4.88. The largest absolute Gasteiger partial charge is 0.550 e. The van der Waals surface area contributed by atoms with Crippen LogP contribution in [0.2, 0.25) is 0 Å². The molecule has 0 atom stereocenters. The number of hydrazone groups is 1. The summed E-state index contributed by atoms with van der Waals surface area (Å²) < 4.78 is 2.01. The summed E-state index contributed by atoms with van der Waals surface area (Å²) in [6, 6.07) is 15.4. The van der Waals surface area contributed by atoms with Gasteiger partial charge < -0.3 is 9.90 Å². The fourth-order valence-corrected chi connectivity index (χ4v) is 3.24. The number of carboxylic acids is 1. The first-order valence-electron chi connectivity index (χ1n) is 7.26. The summed E-state index contributed by atoms with van der Waals surface area (Å²) in [5, 5.41) is 15.8. The van der Waals surface area contributed by atoms with Crippen LogP contribution in [0.25, 0.3) is 10.2 Å². The van der Waals surface area contributed by atoms with Gasteiger partial charge in [-0.1, -0.05) is 51.5 Å². The van der Waals surface area contributed by atoms with Gasteiger partial charge in [0.15, 0.2) is 0 Å². The molecule has 0 bridgehead atoms. The van der Waals surface area contributed by atoms with Crippen molar-refractivity contribution in [2.24, 2.45) is 5.10 Å². The number of hydrogen-bond acceptors (Lipinski definition) is 6. The Hall–Kier alpha value is -2.25. The number of anilines is 1. The summed E-state index contributed by atoms with van der Waals surface area (Å²) in [6.45, 7) is 0. The molecule has 5 nitrogen and oxygen atoms in total. The molecule has 0 aliphatic carbocycles. The van der Waals surface area contributed by atoms with Gasteiger partial charge in [0.25, 0.3) is 0 Å². The molecular formula is C17H13BrN3O2S-. The number of halogens is 1. The van der Waals surface area contributed by atoms with Gasteiger partial charge in [-0.05, 0) is 42.7 Å². The van der Waals surface area contributed by atoms with Crippen LogP contribution >= 0.6 is 27.3 Å². The zero-order chi connectivity index (χ0) is 16.9. The molecule has 0 saturated carbocycles. The van der Waals surface area contributed by atoms with Crippen LogP contribution in [0.4, 0.5) is 5.13 Å². The van der Waals surface area contributed by atoms with Crippen molar-refractivity contribution in [2.75, 3.05) is 5.43 Å². The summed E-state index contributed by atoms with van der Waals surface area (Å²) in [7, 11) is 0. The summed E-state index contributed by atoms with van der Waals surface area (Å²) in [5.41, 5.74) is 5.34. The molecule has 1 N–H and O–H groups in total. The molecule has 2 aromatic carbocycles. The predicted molar refractivity (Wildman–Crippen MR) is 98.2 cm³/mol. The van der Waals surface area contributed by atoms with E-state index in [1.54, 1.807) is 0 Å². The fraction of sp³-hybridized carbons (Fsp3) is 0.118. The van der Waals surface area contributed by atoms with Crippen LogP contribution in [0.3, 0.4) is 0 Å². The second-order valence-electron chi connectivity index (χ2n) is 5.04. The molecule has 1 heterocycles. The number of thiazole rings is 1. The van der Waals surface area contributed by atoms with E-state index in [1.807, 2.05) is 48.5 Å². The molecule has 122 valence electrons. The molecule has 1 aromatic heterocycles. The third-order valence-electron chi connectivity index (χ3n) is 3.32. The highest BCUT2D eigenvalue weighted by atomic mass is 79.9. The number of carbonyl (C=O) groups is 1. The van der Waals surface area contributed by atoms with Crippen molar-refractivity contribution in [1.29, 1.82) is 0 Å². The Balaban J connectivity index is 1.84. The standard InChI is InChI=1S/C17H14BrN3O2S/c18-12-7-5-11(6-8-12)13(9-10-16(22)23)20-21-17-19-14-3-1-2-4-15(14)24-17/h1-8H,9-10H2,(H,19,21)(H,22,23)/p-1/b20-13-. The monoisotopic (exact) mass is 402 g/mol. The molecule has 0 saturated heterocycles. The van der Waals surface area contributed by atoms with E-state index in [0.717, 1.165) is 20.3 Å². The lowest BCUT2D eigenvalue weighted by Crippen LogP contribution is -2.23. The van der Waals surface area contributed by atoms with Gasteiger partial charge in [0.2, 0.25) is 5.13 Å². The van der Waals surface area contributed by atoms with Gasteiger partial charge in [-0.2, -0.15) is 5.10 Å². The van der Waals surface area contributed by atoms with Gasteiger partial charge in [0.05, 0.1) is 15.9 Å². The van der Waals surface area contributed by atoms with E-state index >= 15 is 0 Å². The van der Waals surface area contributed by atoms with Crippen molar-refractivity contribution >= 4 is 54.3 Å². The minimum absolute atomic E-state index is 0.0869. The highest BCUT2D eigenvalue weighted by molar-refractivity contribution is 9.10. The van der Waals surface area contributed by atoms with Crippen molar-refractivity contribution in [3.63, 3.8) is 0 Å². The normalized spacial score (nSPS) is 11.6. The van der Waals surface area contributed by atoms with E-state index in [-0.39, 0.29) is 12.8 Å². The van der Waals surface area contributed by atoms with E-state index in [0.29, 0.717) is 10.8 Å². The third-order valence-corrected chi connectivity index (χ3v) is 4.79. The maximum atomic E-state index is 10.8. The molecule has 0 fully saturated rings. The minimum Gasteiger partial charge on any atom is -0.550 e. The number of rotatable bonds is 6. The molecule has 0 radical (unpaired) electrons. The van der Waals surface area contributed by atoms with Crippen molar-refractivity contribution in [2.45, 2.75) is 12.8 Å². The number of benzene rings is 2. The highest BCUT2D eigenvalue weighted by Crippen LogP contribution is 2.25. The molecule has 0 aliphatic rings. The average Bonchev–Trinajstić information content (AvgIpc) is 2.98. The Bertz CT molecular complexity index is 857. The number of hydrogen-bond donors (Lipinski definition) is 1. The molecular weight excluding hydrogens is 390 g/mol. The maximum Gasteiger partial charge on any atom is 0.204 e. The Morgan fingerprint density at radius 1 is 1.17 bits per heavy atom. The molecule has 24 heavy (non-hydrogen) atoms. The number of nitrogens with zero attached hydrogens (tertiary/aromatic N) is 2. The van der Waals surface area contributed by atoms with E-state index in [9.17, 15) is 9.90 Å². The van der Waals surface area contributed by atoms with E-state index in [4.69, 9.17) is 0 Å². The quantitative estimate of drug-likeness (QED) is 0.506. The van der Waals surface area contributed by atoms with Crippen molar-refractivity contribution in [3.8, 4) is 0 Å². The molecule has 0 aliphatic heterocycles. The third kappa shape index (κ3) is 4.18. The van der Waals surface area contributed by atoms with Crippen LogP contribution in [-0.4, -0.2) is 16.7 Å². The minimum atomic E-state index is -1.10. The number of aliphatic carboxylic acids is 1. The lowest BCUT2D eigenvalue weighted by atomic mass is 10.1. The second-order valence-corrected chi connectivity index (χ2v) is 6.98. The topological polar surface area (TPSA) is 77.4 Å². The van der Waals surface area contributed by atoms with Crippen LogP contribution in [0.1, 0.15) is 18.4 Å². The van der Waals surface area contributed by atoms with Crippen molar-refractivity contribution in [1.82, 2.24) is 4.98 Å². The summed E-state index contributed by atoms with van der Waals surface area (Å²) in [6.07, 6.45) is 0.193. The van der Waals surface area contributed by atoms with E-state index < -0.39 is 5.97 Å². The van der Waals surface area contributed by atoms with Gasteiger partial charge in [-0.25, -0.2) is 4.98 Å². The van der Waals surface area contributed by atoms with Crippen LogP contribution in [0.15, 0.2) is 58.1 Å². The lowest BCUT2D eigenvalue weighted by Gasteiger charge is -2.08. The molecule has 0 unspecified atom stereocenters. The number of nitrogens with one attached hydrogen (secondary N) is 1. The molecule has 3 aromatic rings. The number of aromatic nitrogens is 1. The van der Waals surface area contributed by atoms with Crippen LogP contribution in [0.5, 0.6) is 0 Å². The number of para-hydroxylation sites is 1. The smallest absolute Gasteiger partial charge is 0.204 e. The number of fused-ring (bicyclic) bond motifs is 1. The highest BCUT2D eigenvalue weighted by Gasteiger charge is 2.06. The molecule has 0 amide bonds. The molecule has 3 rings (SSSR count). The van der Waals surface area contributed by atoms with E-state index in [1.165, 1.54) is 11.3 Å². The first kappa shape index (κ1) is 16.6. The lowest BCUT2D eigenvalue weighted by molar-refractivity contribution is -0.305. The molecule has 7 heteroatoms. The maximum absolute atomic E-state index is 10.8. The fourth-order valence-electron chi connectivity index (χ4n) is 2.16. The average molecular weight is 403 g/mol. The molecule has 0 spiro atoms. The van der Waals surface area contributed by atoms with Crippen molar-refractivity contribution in [3.05, 3.63) is 58.6 Å². The summed E-state index contributed by atoms with van der Waals surface area (Å²) in [5.74, 6) is -1.10. The SMILES string of the molecule is O=C([O-])CC/C(=N/Nc1nc2ccccc2s1)c1ccc(Br)cc1.